The lowest BCUT2D eigenvalue weighted by atomic mass is 9.87. The van der Waals surface area contributed by atoms with Gasteiger partial charge >= 0.3 is 5.97 Å². The molecule has 0 fully saturated rings. The van der Waals surface area contributed by atoms with Gasteiger partial charge in [0.2, 0.25) is 11.1 Å². The summed E-state index contributed by atoms with van der Waals surface area (Å²) in [5, 5.41) is 9.33. The summed E-state index contributed by atoms with van der Waals surface area (Å²) in [4.78, 5) is 18.3. The number of anilines is 1. The van der Waals surface area contributed by atoms with Gasteiger partial charge in [0.1, 0.15) is 12.6 Å². The Hall–Kier alpha value is -3.47. The van der Waals surface area contributed by atoms with Crippen LogP contribution in [0.3, 0.4) is 0 Å². The second kappa shape index (κ2) is 14.1. The van der Waals surface area contributed by atoms with Crippen LogP contribution >= 0.6 is 39.3 Å². The lowest BCUT2D eigenvalue weighted by Gasteiger charge is -2.29. The van der Waals surface area contributed by atoms with Gasteiger partial charge in [-0.3, -0.25) is 0 Å². The Kier molecular flexibility index (Phi) is 10.4. The third-order valence-electron chi connectivity index (χ3n) is 7.48. The molecule has 0 amide bonds. The van der Waals surface area contributed by atoms with Crippen LogP contribution in [0.2, 0.25) is 5.02 Å². The Morgan fingerprint density at radius 3 is 2.50 bits per heavy atom. The average Bonchev–Trinajstić information content (AvgIpc) is 3.40. The van der Waals surface area contributed by atoms with Crippen molar-refractivity contribution >= 4 is 51.2 Å². The van der Waals surface area contributed by atoms with E-state index in [1.807, 2.05) is 57.2 Å². The van der Waals surface area contributed by atoms with Crippen molar-refractivity contribution in [1.29, 1.82) is 0 Å². The van der Waals surface area contributed by atoms with Gasteiger partial charge in [-0.2, -0.15) is 4.98 Å². The molecule has 4 aromatic rings. The number of thioether (sulfide) groups is 1. The summed E-state index contributed by atoms with van der Waals surface area (Å²) in [6.45, 7) is 12.4. The summed E-state index contributed by atoms with van der Waals surface area (Å²) in [5.41, 5.74) is 5.16. The van der Waals surface area contributed by atoms with E-state index in [0.29, 0.717) is 55.7 Å². The monoisotopic (exact) mass is 724 g/mol. The predicted octanol–water partition coefficient (Wildman–Crippen LogP) is 9.11. The molecule has 1 aliphatic rings. The number of benzene rings is 3. The van der Waals surface area contributed by atoms with Crippen LogP contribution in [0.25, 0.3) is 0 Å². The minimum absolute atomic E-state index is 0.0718. The molecule has 3 aromatic carbocycles. The highest BCUT2D eigenvalue weighted by molar-refractivity contribution is 9.10. The van der Waals surface area contributed by atoms with Gasteiger partial charge in [-0.25, -0.2) is 9.48 Å². The van der Waals surface area contributed by atoms with E-state index in [1.54, 1.807) is 11.8 Å². The van der Waals surface area contributed by atoms with E-state index in [-0.39, 0.29) is 11.5 Å². The molecule has 0 bridgehead atoms. The quantitative estimate of drug-likeness (QED) is 0.128. The summed E-state index contributed by atoms with van der Waals surface area (Å²) < 4.78 is 20.2. The number of fused-ring (bicyclic) bond motifs is 1. The molecular formula is C35H38BrClN4O4S. The number of allylic oxidation sites excluding steroid dienone is 1. The standard InChI is InChI=1S/C35H38BrClN4O4S/c1-20(2)45-32(42)29-21(3)38-33-39-34(46-19-23-10-8-9-11-27(23)37)40-41(33)30(29)24-16-26(36)31(28(17-24)43-7)44-18-22-12-14-25(15-13-22)35(4,5)6/h8-17,20,30H,18-19H2,1-7H3,(H,38,39,40). The van der Waals surface area contributed by atoms with Crippen molar-refractivity contribution in [3.63, 3.8) is 0 Å². The fourth-order valence-corrected chi connectivity index (χ4v) is 6.78. The number of halogens is 2. The zero-order valence-corrected chi connectivity index (χ0v) is 30.1. The smallest absolute Gasteiger partial charge is 0.338 e. The maximum absolute atomic E-state index is 13.5. The molecule has 1 atom stereocenters. The van der Waals surface area contributed by atoms with Crippen molar-refractivity contribution in [1.82, 2.24) is 14.8 Å². The van der Waals surface area contributed by atoms with Crippen LogP contribution in [0.1, 0.15) is 69.8 Å². The number of nitrogens with zero attached hydrogens (tertiary/aromatic N) is 3. The molecular weight excluding hydrogens is 688 g/mol. The fourth-order valence-electron chi connectivity index (χ4n) is 5.09. The van der Waals surface area contributed by atoms with Crippen LogP contribution < -0.4 is 14.8 Å². The Labute approximate surface area is 288 Å². The topological polar surface area (TPSA) is 87.5 Å². The number of ether oxygens (including phenoxy) is 3. The molecule has 1 unspecified atom stereocenters. The van der Waals surface area contributed by atoms with Crippen molar-refractivity contribution in [3.05, 3.63) is 104 Å². The first kappa shape index (κ1) is 33.9. The second-order valence-corrected chi connectivity index (χ2v) is 14.5. The van der Waals surface area contributed by atoms with E-state index in [2.05, 4.69) is 66.3 Å². The van der Waals surface area contributed by atoms with E-state index >= 15 is 0 Å². The molecule has 1 aliphatic heterocycles. The number of aromatic nitrogens is 3. The first-order chi connectivity index (χ1) is 21.8. The number of rotatable bonds is 10. The molecule has 0 spiro atoms. The highest BCUT2D eigenvalue weighted by Gasteiger charge is 2.36. The van der Waals surface area contributed by atoms with Crippen LogP contribution in [-0.2, 0) is 27.3 Å². The summed E-state index contributed by atoms with van der Waals surface area (Å²) >= 11 is 11.6. The van der Waals surface area contributed by atoms with Gasteiger partial charge in [-0.15, -0.1) is 5.10 Å². The van der Waals surface area contributed by atoms with E-state index in [0.717, 1.165) is 16.7 Å². The van der Waals surface area contributed by atoms with Gasteiger partial charge in [-0.05, 0) is 82.6 Å². The van der Waals surface area contributed by atoms with Crippen LogP contribution in [0.4, 0.5) is 5.95 Å². The van der Waals surface area contributed by atoms with Crippen molar-refractivity contribution in [2.24, 2.45) is 0 Å². The number of carbonyl (C=O) groups excluding carboxylic acids is 1. The molecule has 46 heavy (non-hydrogen) atoms. The van der Waals surface area contributed by atoms with Crippen LogP contribution in [0.15, 0.2) is 81.6 Å². The maximum Gasteiger partial charge on any atom is 0.338 e. The Morgan fingerprint density at radius 2 is 1.85 bits per heavy atom. The van der Waals surface area contributed by atoms with Crippen molar-refractivity contribution in [3.8, 4) is 11.5 Å². The molecule has 1 aromatic heterocycles. The van der Waals surface area contributed by atoms with Crippen LogP contribution in [-0.4, -0.2) is 33.9 Å². The minimum Gasteiger partial charge on any atom is -0.493 e. The van der Waals surface area contributed by atoms with Crippen molar-refractivity contribution in [2.75, 3.05) is 12.4 Å². The first-order valence-corrected chi connectivity index (χ1v) is 17.1. The number of esters is 1. The molecule has 11 heteroatoms. The molecule has 0 saturated carbocycles. The first-order valence-electron chi connectivity index (χ1n) is 15.0. The molecule has 0 aliphatic carbocycles. The normalized spacial score (nSPS) is 14.6. The second-order valence-electron chi connectivity index (χ2n) is 12.3. The van der Waals surface area contributed by atoms with Crippen molar-refractivity contribution in [2.45, 2.75) is 76.6 Å². The zero-order chi connectivity index (χ0) is 33.2. The number of methoxy groups -OCH3 is 1. The number of carbonyl (C=O) groups is 1. The fraction of sp³-hybridized carbons (Fsp3) is 0.343. The minimum atomic E-state index is -0.645. The van der Waals surface area contributed by atoms with Gasteiger partial charge in [-0.1, -0.05) is 86.6 Å². The lowest BCUT2D eigenvalue weighted by molar-refractivity contribution is -0.143. The average molecular weight is 726 g/mol. The molecule has 5 rings (SSSR count). The van der Waals surface area contributed by atoms with Crippen LogP contribution in [0.5, 0.6) is 11.5 Å². The van der Waals surface area contributed by atoms with Gasteiger partial charge in [0, 0.05) is 16.5 Å². The summed E-state index contributed by atoms with van der Waals surface area (Å²) in [6.07, 6.45) is -0.304. The van der Waals surface area contributed by atoms with E-state index in [9.17, 15) is 4.79 Å². The molecule has 1 N–H and O–H groups in total. The maximum atomic E-state index is 13.5. The Bertz CT molecular complexity index is 1770. The SMILES string of the molecule is COc1cc(C2C(C(=O)OC(C)C)=C(C)Nc3nc(SCc4ccccc4Cl)nn32)cc(Br)c1OCc1ccc(C(C)(C)C)cc1. The highest BCUT2D eigenvalue weighted by Crippen LogP contribution is 2.44. The number of hydrogen-bond donors (Lipinski definition) is 1. The van der Waals surface area contributed by atoms with E-state index < -0.39 is 12.0 Å². The predicted molar refractivity (Wildman–Crippen MR) is 187 cm³/mol. The Balaban J connectivity index is 1.48. The number of nitrogens with one attached hydrogen (secondary N) is 1. The third-order valence-corrected chi connectivity index (χ3v) is 9.33. The number of hydrogen-bond acceptors (Lipinski definition) is 8. The van der Waals surface area contributed by atoms with Gasteiger partial charge in [0.15, 0.2) is 11.5 Å². The van der Waals surface area contributed by atoms with Gasteiger partial charge in [0.25, 0.3) is 0 Å². The molecule has 2 heterocycles. The summed E-state index contributed by atoms with van der Waals surface area (Å²) in [5.74, 6) is 1.73. The summed E-state index contributed by atoms with van der Waals surface area (Å²) in [6, 6.07) is 19.3. The lowest BCUT2D eigenvalue weighted by Crippen LogP contribution is -2.30. The highest BCUT2D eigenvalue weighted by atomic mass is 79.9. The van der Waals surface area contributed by atoms with Crippen LogP contribution in [0, 0.1) is 0 Å². The molecule has 8 nitrogen and oxygen atoms in total. The van der Waals surface area contributed by atoms with E-state index in [1.165, 1.54) is 17.3 Å². The molecule has 0 saturated heterocycles. The molecule has 0 radical (unpaired) electrons. The van der Waals surface area contributed by atoms with Gasteiger partial charge in [0.05, 0.1) is 23.3 Å². The zero-order valence-electron chi connectivity index (χ0n) is 27.0. The largest absolute Gasteiger partial charge is 0.493 e. The molecule has 242 valence electrons. The third kappa shape index (κ3) is 7.56. The van der Waals surface area contributed by atoms with Gasteiger partial charge < -0.3 is 19.5 Å². The summed E-state index contributed by atoms with van der Waals surface area (Å²) in [7, 11) is 1.60. The Morgan fingerprint density at radius 1 is 1.13 bits per heavy atom. The van der Waals surface area contributed by atoms with E-state index in [4.69, 9.17) is 35.9 Å². The van der Waals surface area contributed by atoms with Crippen molar-refractivity contribution < 1.29 is 19.0 Å².